The van der Waals surface area contributed by atoms with Crippen LogP contribution in [0.3, 0.4) is 0 Å². The summed E-state index contributed by atoms with van der Waals surface area (Å²) in [6.07, 6.45) is 1.34. The fraction of sp³-hybridized carbons (Fsp3) is 0.0400. The van der Waals surface area contributed by atoms with Crippen LogP contribution in [0.4, 0.5) is 5.69 Å². The van der Waals surface area contributed by atoms with Gasteiger partial charge in [-0.1, -0.05) is 24.3 Å². The van der Waals surface area contributed by atoms with E-state index in [-0.39, 0.29) is 22.6 Å². The third-order valence-corrected chi connectivity index (χ3v) is 4.50. The number of carbonyl (C=O) groups excluding carboxylic acids is 2. The average Bonchev–Trinajstić information content (AvgIpc) is 2.83. The molecule has 2 N–H and O–H groups in total. The summed E-state index contributed by atoms with van der Waals surface area (Å²) in [7, 11) is 1.53. The number of hydrogen-bond donors (Lipinski definition) is 2. The van der Waals surface area contributed by atoms with Crippen molar-refractivity contribution < 1.29 is 29.0 Å². The van der Waals surface area contributed by atoms with E-state index in [1.54, 1.807) is 48.5 Å². The molecule has 164 valence electrons. The van der Waals surface area contributed by atoms with Gasteiger partial charge in [0.25, 0.3) is 5.91 Å². The molecular formula is C25H18N2O6. The molecule has 0 spiro atoms. The Morgan fingerprint density at radius 2 is 1.58 bits per heavy atom. The summed E-state index contributed by atoms with van der Waals surface area (Å²) in [6, 6.07) is 20.4. The molecule has 0 aliphatic carbocycles. The lowest BCUT2D eigenvalue weighted by Crippen LogP contribution is -2.16. The van der Waals surface area contributed by atoms with E-state index in [0.29, 0.717) is 16.9 Å². The van der Waals surface area contributed by atoms with E-state index in [2.05, 4.69) is 5.32 Å². The van der Waals surface area contributed by atoms with Gasteiger partial charge in [0.1, 0.15) is 23.1 Å². The highest BCUT2D eigenvalue weighted by molar-refractivity contribution is 6.11. The molecule has 1 amide bonds. The van der Waals surface area contributed by atoms with Gasteiger partial charge in [-0.2, -0.15) is 5.26 Å². The van der Waals surface area contributed by atoms with Crippen LogP contribution in [-0.4, -0.2) is 30.1 Å². The maximum atomic E-state index is 12.5. The molecule has 0 saturated heterocycles. The van der Waals surface area contributed by atoms with Gasteiger partial charge in [0.15, 0.2) is 0 Å². The number of nitriles is 1. The molecule has 8 heteroatoms. The highest BCUT2D eigenvalue weighted by atomic mass is 16.5. The van der Waals surface area contributed by atoms with Gasteiger partial charge in [-0.15, -0.1) is 0 Å². The van der Waals surface area contributed by atoms with Gasteiger partial charge in [0, 0.05) is 0 Å². The minimum Gasteiger partial charge on any atom is -0.497 e. The van der Waals surface area contributed by atoms with E-state index >= 15 is 0 Å². The van der Waals surface area contributed by atoms with Crippen LogP contribution in [0, 0.1) is 11.3 Å². The van der Waals surface area contributed by atoms with Gasteiger partial charge in [-0.05, 0) is 60.2 Å². The van der Waals surface area contributed by atoms with Crippen LogP contribution in [0.25, 0.3) is 6.08 Å². The molecule has 0 aliphatic heterocycles. The fourth-order valence-corrected chi connectivity index (χ4v) is 2.81. The third kappa shape index (κ3) is 5.83. The van der Waals surface area contributed by atoms with E-state index in [0.717, 1.165) is 0 Å². The van der Waals surface area contributed by atoms with E-state index in [9.17, 15) is 24.8 Å². The Morgan fingerprint density at radius 3 is 2.18 bits per heavy atom. The second-order valence-electron chi connectivity index (χ2n) is 6.66. The summed E-state index contributed by atoms with van der Waals surface area (Å²) in [5, 5.41) is 21.0. The van der Waals surface area contributed by atoms with Crippen LogP contribution in [0.5, 0.6) is 11.5 Å². The Kier molecular flexibility index (Phi) is 7.19. The standard InChI is InChI=1S/C25H18N2O6/c1-32-19-12-8-17(9-13-19)25(31)33-20-10-6-16(7-11-20)14-18(15-26)23(28)27-22-5-3-2-4-21(22)24(29)30/h2-14H,1H3,(H,27,28)(H,29,30)/b18-14+. The van der Waals surface area contributed by atoms with Crippen molar-refractivity contribution in [3.63, 3.8) is 0 Å². The number of nitrogens with one attached hydrogen (secondary N) is 1. The van der Waals surface area contributed by atoms with Crippen molar-refractivity contribution in [1.29, 1.82) is 5.26 Å². The molecule has 0 aliphatic rings. The van der Waals surface area contributed by atoms with Crippen LogP contribution >= 0.6 is 0 Å². The van der Waals surface area contributed by atoms with Gasteiger partial charge in [-0.25, -0.2) is 9.59 Å². The number of methoxy groups -OCH3 is 1. The van der Waals surface area contributed by atoms with E-state index in [1.165, 1.54) is 43.5 Å². The first-order valence-electron chi connectivity index (χ1n) is 9.63. The van der Waals surface area contributed by atoms with Crippen molar-refractivity contribution in [2.75, 3.05) is 12.4 Å². The molecule has 0 radical (unpaired) electrons. The number of carboxylic acids is 1. The average molecular weight is 442 g/mol. The first kappa shape index (κ1) is 22.8. The van der Waals surface area contributed by atoms with Gasteiger partial charge < -0.3 is 19.9 Å². The SMILES string of the molecule is COc1ccc(C(=O)Oc2ccc(/C=C(\C#N)C(=O)Nc3ccccc3C(=O)O)cc2)cc1. The number of hydrogen-bond acceptors (Lipinski definition) is 6. The van der Waals surface area contributed by atoms with Crippen molar-refractivity contribution >= 4 is 29.6 Å². The number of carboxylic acid groups (broad SMARTS) is 1. The molecule has 0 aromatic heterocycles. The number of aromatic carboxylic acids is 1. The number of carbonyl (C=O) groups is 3. The lowest BCUT2D eigenvalue weighted by atomic mass is 10.1. The fourth-order valence-electron chi connectivity index (χ4n) is 2.81. The van der Waals surface area contributed by atoms with Crippen molar-refractivity contribution in [1.82, 2.24) is 0 Å². The monoisotopic (exact) mass is 442 g/mol. The van der Waals surface area contributed by atoms with Crippen molar-refractivity contribution in [3.05, 3.63) is 95.1 Å². The highest BCUT2D eigenvalue weighted by Gasteiger charge is 2.15. The zero-order valence-corrected chi connectivity index (χ0v) is 17.4. The Hall–Kier alpha value is -4.90. The second kappa shape index (κ2) is 10.4. The lowest BCUT2D eigenvalue weighted by molar-refractivity contribution is -0.112. The van der Waals surface area contributed by atoms with Crippen LogP contribution < -0.4 is 14.8 Å². The van der Waals surface area contributed by atoms with E-state index < -0.39 is 17.8 Å². The summed E-state index contributed by atoms with van der Waals surface area (Å²) < 4.78 is 10.4. The smallest absolute Gasteiger partial charge is 0.343 e. The zero-order chi connectivity index (χ0) is 23.8. The van der Waals surface area contributed by atoms with Crippen molar-refractivity contribution in [2.24, 2.45) is 0 Å². The number of esters is 1. The Bertz CT molecular complexity index is 1260. The summed E-state index contributed by atoms with van der Waals surface area (Å²) in [5.41, 5.74) is 0.628. The number of benzene rings is 3. The van der Waals surface area contributed by atoms with Crippen LogP contribution in [0.2, 0.25) is 0 Å². The molecule has 0 fully saturated rings. The van der Waals surface area contributed by atoms with Gasteiger partial charge in [0.05, 0.1) is 23.9 Å². The molecule has 0 heterocycles. The summed E-state index contributed by atoms with van der Waals surface area (Å²) in [4.78, 5) is 36.0. The largest absolute Gasteiger partial charge is 0.497 e. The Balaban J connectivity index is 1.70. The normalized spacial score (nSPS) is 10.6. The summed E-state index contributed by atoms with van der Waals surface area (Å²) in [6.45, 7) is 0. The molecule has 0 atom stereocenters. The molecule has 33 heavy (non-hydrogen) atoms. The number of rotatable bonds is 7. The number of ether oxygens (including phenoxy) is 2. The maximum absolute atomic E-state index is 12.5. The molecule has 3 rings (SSSR count). The van der Waals surface area contributed by atoms with E-state index in [1.807, 2.05) is 0 Å². The van der Waals surface area contributed by atoms with Crippen LogP contribution in [-0.2, 0) is 4.79 Å². The molecule has 3 aromatic rings. The summed E-state index contributed by atoms with van der Waals surface area (Å²) in [5.74, 6) is -1.60. The second-order valence-corrected chi connectivity index (χ2v) is 6.66. The molecule has 0 saturated carbocycles. The number of nitrogens with zero attached hydrogens (tertiary/aromatic N) is 1. The predicted molar refractivity (Wildman–Crippen MR) is 120 cm³/mol. The number of amides is 1. The topological polar surface area (TPSA) is 126 Å². The zero-order valence-electron chi connectivity index (χ0n) is 17.4. The minimum absolute atomic E-state index is 0.0805. The summed E-state index contributed by atoms with van der Waals surface area (Å²) >= 11 is 0. The van der Waals surface area contributed by atoms with Crippen molar-refractivity contribution in [3.8, 4) is 17.6 Å². The molecule has 0 bridgehead atoms. The number of anilines is 1. The van der Waals surface area contributed by atoms with Crippen LogP contribution in [0.1, 0.15) is 26.3 Å². The highest BCUT2D eigenvalue weighted by Crippen LogP contribution is 2.19. The third-order valence-electron chi connectivity index (χ3n) is 4.50. The minimum atomic E-state index is -1.20. The molecule has 3 aromatic carbocycles. The molecular weight excluding hydrogens is 424 g/mol. The first-order chi connectivity index (χ1) is 15.9. The maximum Gasteiger partial charge on any atom is 0.343 e. The molecule has 8 nitrogen and oxygen atoms in total. The van der Waals surface area contributed by atoms with Gasteiger partial charge in [0.2, 0.25) is 0 Å². The first-order valence-corrected chi connectivity index (χ1v) is 9.63. The molecule has 0 unspecified atom stereocenters. The predicted octanol–water partition coefficient (Wildman–Crippen LogP) is 4.16. The van der Waals surface area contributed by atoms with Gasteiger partial charge >= 0.3 is 11.9 Å². The Morgan fingerprint density at radius 1 is 0.939 bits per heavy atom. The quantitative estimate of drug-likeness (QED) is 0.244. The van der Waals surface area contributed by atoms with Gasteiger partial charge in [-0.3, -0.25) is 4.79 Å². The Labute approximate surface area is 189 Å². The lowest BCUT2D eigenvalue weighted by Gasteiger charge is -2.08. The number of para-hydroxylation sites is 1. The van der Waals surface area contributed by atoms with E-state index in [4.69, 9.17) is 9.47 Å². The van der Waals surface area contributed by atoms with Crippen molar-refractivity contribution in [2.45, 2.75) is 0 Å². The van der Waals surface area contributed by atoms with Crippen LogP contribution in [0.15, 0.2) is 78.4 Å².